The molecule has 1 aromatic carbocycles. The zero-order chi connectivity index (χ0) is 19.2. The molecule has 140 valence electrons. The van der Waals surface area contributed by atoms with Gasteiger partial charge in [0, 0.05) is 29.8 Å². The van der Waals surface area contributed by atoms with E-state index in [1.54, 1.807) is 24.3 Å². The van der Waals surface area contributed by atoms with Gasteiger partial charge in [-0.15, -0.1) is 0 Å². The smallest absolute Gasteiger partial charge is 0.212 e. The second-order valence-electron chi connectivity index (χ2n) is 5.26. The molecule has 1 aromatic heterocycles. The SMILES string of the molecule is COc1cc(OC)c(C=CS(=O)(=O)Cc2ccc(OC)nc2)c(OC)c1. The number of aromatic nitrogens is 1. The van der Waals surface area contributed by atoms with E-state index in [0.717, 1.165) is 5.41 Å². The molecular formula is C18H21NO6S. The van der Waals surface area contributed by atoms with Crippen molar-refractivity contribution in [2.24, 2.45) is 0 Å². The Hall–Kier alpha value is -2.74. The first kappa shape index (κ1) is 19.6. The van der Waals surface area contributed by atoms with E-state index < -0.39 is 9.84 Å². The lowest BCUT2D eigenvalue weighted by molar-refractivity contribution is 0.374. The largest absolute Gasteiger partial charge is 0.496 e. The predicted octanol–water partition coefficient (Wildman–Crippen LogP) is 2.70. The first-order valence-corrected chi connectivity index (χ1v) is 9.33. The number of ether oxygens (including phenoxy) is 4. The molecule has 0 fully saturated rings. The maximum Gasteiger partial charge on any atom is 0.212 e. The highest BCUT2D eigenvalue weighted by Gasteiger charge is 2.13. The summed E-state index contributed by atoms with van der Waals surface area (Å²) in [6, 6.07) is 6.58. The zero-order valence-corrected chi connectivity index (χ0v) is 15.9. The van der Waals surface area contributed by atoms with Crippen molar-refractivity contribution in [2.45, 2.75) is 5.75 Å². The quantitative estimate of drug-likeness (QED) is 0.697. The van der Waals surface area contributed by atoms with Gasteiger partial charge in [-0.2, -0.15) is 0 Å². The molecule has 0 radical (unpaired) electrons. The van der Waals surface area contributed by atoms with E-state index in [9.17, 15) is 8.42 Å². The number of methoxy groups -OCH3 is 4. The third kappa shape index (κ3) is 4.89. The summed E-state index contributed by atoms with van der Waals surface area (Å²) in [5.41, 5.74) is 1.07. The highest BCUT2D eigenvalue weighted by molar-refractivity contribution is 7.93. The van der Waals surface area contributed by atoms with Gasteiger partial charge >= 0.3 is 0 Å². The molecule has 2 aromatic rings. The van der Waals surface area contributed by atoms with Crippen molar-refractivity contribution in [3.8, 4) is 23.1 Å². The summed E-state index contributed by atoms with van der Waals surface area (Å²) in [6.45, 7) is 0. The predicted molar refractivity (Wildman–Crippen MR) is 98.5 cm³/mol. The van der Waals surface area contributed by atoms with Crippen LogP contribution in [0.2, 0.25) is 0 Å². The van der Waals surface area contributed by atoms with Crippen LogP contribution in [0.3, 0.4) is 0 Å². The molecule has 0 saturated carbocycles. The van der Waals surface area contributed by atoms with Crippen molar-refractivity contribution in [3.05, 3.63) is 47.0 Å². The van der Waals surface area contributed by atoms with Crippen LogP contribution in [0.1, 0.15) is 11.1 Å². The molecule has 0 N–H and O–H groups in total. The molecule has 0 aliphatic rings. The normalized spacial score (nSPS) is 11.4. The van der Waals surface area contributed by atoms with Crippen LogP contribution in [-0.2, 0) is 15.6 Å². The second kappa shape index (κ2) is 8.57. The molecule has 0 bridgehead atoms. The molecule has 0 atom stereocenters. The fraction of sp³-hybridized carbons (Fsp3) is 0.278. The van der Waals surface area contributed by atoms with Gasteiger partial charge in [0.15, 0.2) is 9.84 Å². The van der Waals surface area contributed by atoms with Gasteiger partial charge in [0.05, 0.1) is 39.8 Å². The fourth-order valence-electron chi connectivity index (χ4n) is 2.27. The Morgan fingerprint density at radius 2 is 1.62 bits per heavy atom. The standard InChI is InChI=1S/C18H21NO6S/c1-22-14-9-16(23-2)15(17(10-14)24-3)7-8-26(20,21)12-13-5-6-18(25-4)19-11-13/h5-11H,12H2,1-4H3. The molecule has 2 rings (SSSR count). The molecule has 0 aliphatic carbocycles. The summed E-state index contributed by atoms with van der Waals surface area (Å²) in [6.07, 6.45) is 2.92. The van der Waals surface area contributed by atoms with E-state index in [4.69, 9.17) is 18.9 Å². The summed E-state index contributed by atoms with van der Waals surface area (Å²) >= 11 is 0. The first-order valence-electron chi connectivity index (χ1n) is 7.62. The number of hydrogen-bond donors (Lipinski definition) is 0. The highest BCUT2D eigenvalue weighted by Crippen LogP contribution is 2.35. The van der Waals surface area contributed by atoms with Crippen LogP contribution in [0.25, 0.3) is 6.08 Å². The molecule has 0 amide bonds. The van der Waals surface area contributed by atoms with Crippen LogP contribution < -0.4 is 18.9 Å². The van der Waals surface area contributed by atoms with E-state index in [0.29, 0.717) is 34.3 Å². The zero-order valence-electron chi connectivity index (χ0n) is 15.1. The molecule has 0 spiro atoms. The van der Waals surface area contributed by atoms with E-state index >= 15 is 0 Å². The summed E-state index contributed by atoms with van der Waals surface area (Å²) in [4.78, 5) is 4.01. The van der Waals surface area contributed by atoms with Gasteiger partial charge in [0.25, 0.3) is 0 Å². The first-order chi connectivity index (χ1) is 12.4. The average Bonchev–Trinajstić information content (AvgIpc) is 2.65. The van der Waals surface area contributed by atoms with Crippen molar-refractivity contribution >= 4 is 15.9 Å². The third-order valence-corrected chi connectivity index (χ3v) is 4.86. The maximum atomic E-state index is 12.4. The summed E-state index contributed by atoms with van der Waals surface area (Å²) in [7, 11) is 2.48. The molecule has 0 saturated heterocycles. The van der Waals surface area contributed by atoms with Gasteiger partial charge in [0.2, 0.25) is 5.88 Å². The minimum Gasteiger partial charge on any atom is -0.496 e. The minimum absolute atomic E-state index is 0.179. The third-order valence-electron chi connectivity index (χ3n) is 3.57. The van der Waals surface area contributed by atoms with E-state index in [1.165, 1.54) is 40.7 Å². The Kier molecular flexibility index (Phi) is 6.46. The van der Waals surface area contributed by atoms with Gasteiger partial charge in [-0.25, -0.2) is 13.4 Å². The number of sulfone groups is 1. The second-order valence-corrected chi connectivity index (χ2v) is 7.15. The maximum absolute atomic E-state index is 12.4. The monoisotopic (exact) mass is 379 g/mol. The highest BCUT2D eigenvalue weighted by atomic mass is 32.2. The van der Waals surface area contributed by atoms with Gasteiger partial charge in [-0.3, -0.25) is 0 Å². The van der Waals surface area contributed by atoms with E-state index in [-0.39, 0.29) is 5.75 Å². The molecule has 8 heteroatoms. The lowest BCUT2D eigenvalue weighted by Gasteiger charge is -2.12. The molecule has 26 heavy (non-hydrogen) atoms. The Morgan fingerprint density at radius 1 is 0.962 bits per heavy atom. The molecular weight excluding hydrogens is 358 g/mol. The molecule has 0 aliphatic heterocycles. The van der Waals surface area contributed by atoms with Crippen LogP contribution in [0.15, 0.2) is 35.9 Å². The molecule has 0 unspecified atom stereocenters. The summed E-state index contributed by atoms with van der Waals surface area (Å²) in [5, 5.41) is 1.13. The Morgan fingerprint density at radius 3 is 2.08 bits per heavy atom. The van der Waals surface area contributed by atoms with Gasteiger partial charge in [0.1, 0.15) is 17.2 Å². The molecule has 1 heterocycles. The number of benzene rings is 1. The van der Waals surface area contributed by atoms with Crippen molar-refractivity contribution in [2.75, 3.05) is 28.4 Å². The van der Waals surface area contributed by atoms with Crippen molar-refractivity contribution in [3.63, 3.8) is 0 Å². The number of rotatable bonds is 8. The van der Waals surface area contributed by atoms with Crippen LogP contribution in [0.4, 0.5) is 0 Å². The Balaban J connectivity index is 2.29. The van der Waals surface area contributed by atoms with E-state index in [1.807, 2.05) is 0 Å². The number of nitrogens with zero attached hydrogens (tertiary/aromatic N) is 1. The number of hydrogen-bond acceptors (Lipinski definition) is 7. The lowest BCUT2D eigenvalue weighted by atomic mass is 10.1. The van der Waals surface area contributed by atoms with Crippen molar-refractivity contribution in [1.82, 2.24) is 4.98 Å². The van der Waals surface area contributed by atoms with Crippen LogP contribution in [0.5, 0.6) is 23.1 Å². The lowest BCUT2D eigenvalue weighted by Crippen LogP contribution is -2.01. The van der Waals surface area contributed by atoms with E-state index in [2.05, 4.69) is 4.98 Å². The Labute approximate surface area is 153 Å². The van der Waals surface area contributed by atoms with Gasteiger partial charge in [-0.05, 0) is 11.6 Å². The molecule has 7 nitrogen and oxygen atoms in total. The summed E-state index contributed by atoms with van der Waals surface area (Å²) in [5.74, 6) is 1.68. The summed E-state index contributed by atoms with van der Waals surface area (Å²) < 4.78 is 45.6. The minimum atomic E-state index is -3.52. The van der Waals surface area contributed by atoms with Gasteiger partial charge in [-0.1, -0.05) is 6.07 Å². The topological polar surface area (TPSA) is 84.0 Å². The van der Waals surface area contributed by atoms with Crippen LogP contribution in [0, 0.1) is 0 Å². The fourth-order valence-corrected chi connectivity index (χ4v) is 3.34. The number of pyridine rings is 1. The Bertz CT molecular complexity index is 850. The van der Waals surface area contributed by atoms with Crippen molar-refractivity contribution < 1.29 is 27.4 Å². The van der Waals surface area contributed by atoms with Gasteiger partial charge < -0.3 is 18.9 Å². The average molecular weight is 379 g/mol. The van der Waals surface area contributed by atoms with Crippen LogP contribution in [-0.4, -0.2) is 41.8 Å². The van der Waals surface area contributed by atoms with Crippen LogP contribution >= 0.6 is 0 Å². The van der Waals surface area contributed by atoms with Crippen molar-refractivity contribution in [1.29, 1.82) is 0 Å².